The highest BCUT2D eigenvalue weighted by atomic mass is 16.1. The second-order valence-corrected chi connectivity index (χ2v) is 5.86. The Balaban J connectivity index is 1.73. The number of carbonyl (C=O) groups excluding carboxylic acids is 1. The lowest BCUT2D eigenvalue weighted by Crippen LogP contribution is -2.41. The number of imidazole rings is 1. The van der Waals surface area contributed by atoms with Crippen molar-refractivity contribution >= 4 is 5.91 Å². The zero-order valence-corrected chi connectivity index (χ0v) is 10.9. The summed E-state index contributed by atoms with van der Waals surface area (Å²) in [6.07, 6.45) is 9.88. The highest BCUT2D eigenvalue weighted by Gasteiger charge is 2.45. The summed E-state index contributed by atoms with van der Waals surface area (Å²) in [6.45, 7) is 1.63. The van der Waals surface area contributed by atoms with E-state index < -0.39 is 0 Å². The molecule has 0 saturated heterocycles. The number of hydrogen-bond acceptors (Lipinski definition) is 2. The van der Waals surface area contributed by atoms with Crippen LogP contribution in [0.4, 0.5) is 0 Å². The van der Waals surface area contributed by atoms with Crippen molar-refractivity contribution in [1.29, 1.82) is 0 Å². The van der Waals surface area contributed by atoms with E-state index in [9.17, 15) is 4.79 Å². The van der Waals surface area contributed by atoms with Crippen molar-refractivity contribution < 1.29 is 4.79 Å². The highest BCUT2D eigenvalue weighted by molar-refractivity contribution is 5.73. The fourth-order valence-corrected chi connectivity index (χ4v) is 4.06. The topological polar surface area (TPSA) is 57.8 Å². The molecule has 0 radical (unpaired) electrons. The highest BCUT2D eigenvalue weighted by Crippen LogP contribution is 2.47. The first kappa shape index (κ1) is 11.8. The van der Waals surface area contributed by atoms with Crippen LogP contribution < -0.4 is 5.32 Å². The van der Waals surface area contributed by atoms with Gasteiger partial charge in [-0.15, -0.1) is 0 Å². The first-order valence-electron chi connectivity index (χ1n) is 6.98. The predicted octanol–water partition coefficient (Wildman–Crippen LogP) is 1.89. The van der Waals surface area contributed by atoms with Gasteiger partial charge in [-0.1, -0.05) is 12.8 Å². The van der Waals surface area contributed by atoms with Gasteiger partial charge in [0.15, 0.2) is 0 Å². The summed E-state index contributed by atoms with van der Waals surface area (Å²) in [5.41, 5.74) is 1.19. The minimum atomic E-state index is 0.113. The molecule has 98 valence electrons. The molecule has 2 saturated carbocycles. The van der Waals surface area contributed by atoms with Crippen LogP contribution in [0.2, 0.25) is 0 Å². The van der Waals surface area contributed by atoms with E-state index in [-0.39, 0.29) is 5.91 Å². The number of aromatic amines is 1. The Labute approximate surface area is 108 Å². The number of aromatic nitrogens is 2. The Morgan fingerprint density at radius 1 is 1.56 bits per heavy atom. The summed E-state index contributed by atoms with van der Waals surface area (Å²) in [5, 5.41) is 3.20. The van der Waals surface area contributed by atoms with Gasteiger partial charge < -0.3 is 10.3 Å². The molecule has 0 bridgehead atoms. The molecule has 0 aromatic carbocycles. The zero-order valence-electron chi connectivity index (χ0n) is 10.9. The molecule has 2 aliphatic carbocycles. The molecule has 2 aliphatic rings. The first-order chi connectivity index (χ1) is 8.74. The number of amides is 1. The maximum absolute atomic E-state index is 11.4. The third-order valence-electron chi connectivity index (χ3n) is 4.70. The lowest BCUT2D eigenvalue weighted by molar-refractivity contribution is -0.120. The van der Waals surface area contributed by atoms with E-state index in [2.05, 4.69) is 15.3 Å². The minimum absolute atomic E-state index is 0.113. The van der Waals surface area contributed by atoms with E-state index >= 15 is 0 Å². The molecule has 0 unspecified atom stereocenters. The van der Waals surface area contributed by atoms with E-state index in [1.54, 1.807) is 13.3 Å². The van der Waals surface area contributed by atoms with E-state index in [0.29, 0.717) is 17.9 Å². The van der Waals surface area contributed by atoms with Crippen LogP contribution in [-0.4, -0.2) is 21.9 Å². The summed E-state index contributed by atoms with van der Waals surface area (Å²) in [7, 11) is 0. The number of fused-ring (bicyclic) bond motifs is 1. The van der Waals surface area contributed by atoms with Gasteiger partial charge in [-0.2, -0.15) is 0 Å². The van der Waals surface area contributed by atoms with Gasteiger partial charge in [0.05, 0.1) is 6.33 Å². The molecule has 2 N–H and O–H groups in total. The Morgan fingerprint density at radius 2 is 2.44 bits per heavy atom. The lowest BCUT2D eigenvalue weighted by Gasteiger charge is -2.24. The van der Waals surface area contributed by atoms with Gasteiger partial charge in [0.1, 0.15) is 0 Å². The van der Waals surface area contributed by atoms with Crippen LogP contribution in [0.3, 0.4) is 0 Å². The fraction of sp³-hybridized carbons (Fsp3) is 0.714. The van der Waals surface area contributed by atoms with E-state index in [1.807, 2.05) is 6.20 Å². The number of carbonyl (C=O) groups is 1. The van der Waals surface area contributed by atoms with Crippen molar-refractivity contribution in [3.63, 3.8) is 0 Å². The Bertz CT molecular complexity index is 415. The van der Waals surface area contributed by atoms with Gasteiger partial charge in [0.25, 0.3) is 0 Å². The van der Waals surface area contributed by atoms with Crippen LogP contribution in [0, 0.1) is 17.8 Å². The molecule has 0 aliphatic heterocycles. The summed E-state index contributed by atoms with van der Waals surface area (Å²) < 4.78 is 0. The Morgan fingerprint density at radius 3 is 3.17 bits per heavy atom. The Kier molecular flexibility index (Phi) is 3.10. The van der Waals surface area contributed by atoms with Gasteiger partial charge in [0.2, 0.25) is 5.91 Å². The van der Waals surface area contributed by atoms with Crippen molar-refractivity contribution in [2.45, 2.75) is 45.1 Å². The zero-order chi connectivity index (χ0) is 12.5. The number of H-pyrrole nitrogens is 1. The molecule has 0 spiro atoms. The molecule has 3 rings (SSSR count). The standard InChI is InChI=1S/C14H21N3O/c1-9(18)17-14-11(6-12-7-15-8-16-12)5-10-3-2-4-13(10)14/h7-8,10-11,13-14H,2-6H2,1H3,(H,15,16)(H,17,18)/t10-,11+,13-,14+/m0/s1. The molecule has 1 heterocycles. The number of nitrogens with zero attached hydrogens (tertiary/aromatic N) is 1. The van der Waals surface area contributed by atoms with Gasteiger partial charge >= 0.3 is 0 Å². The third kappa shape index (κ3) is 2.16. The predicted molar refractivity (Wildman–Crippen MR) is 68.8 cm³/mol. The maximum Gasteiger partial charge on any atom is 0.217 e. The van der Waals surface area contributed by atoms with E-state index in [1.165, 1.54) is 31.4 Å². The van der Waals surface area contributed by atoms with Crippen molar-refractivity contribution in [3.8, 4) is 0 Å². The molecule has 18 heavy (non-hydrogen) atoms. The summed E-state index contributed by atoms with van der Waals surface area (Å²) in [5.74, 6) is 2.23. The van der Waals surface area contributed by atoms with Crippen molar-refractivity contribution in [3.05, 3.63) is 18.2 Å². The quantitative estimate of drug-likeness (QED) is 0.857. The van der Waals surface area contributed by atoms with Crippen LogP contribution in [0.25, 0.3) is 0 Å². The van der Waals surface area contributed by atoms with Crippen molar-refractivity contribution in [2.75, 3.05) is 0 Å². The molecule has 4 nitrogen and oxygen atoms in total. The average Bonchev–Trinajstić information content (AvgIpc) is 2.99. The summed E-state index contributed by atoms with van der Waals surface area (Å²) in [6, 6.07) is 0.373. The largest absolute Gasteiger partial charge is 0.353 e. The molecule has 2 fully saturated rings. The van der Waals surface area contributed by atoms with Crippen LogP contribution in [-0.2, 0) is 11.2 Å². The van der Waals surface area contributed by atoms with Crippen LogP contribution in [0.5, 0.6) is 0 Å². The second kappa shape index (κ2) is 4.75. The number of nitrogens with one attached hydrogen (secondary N) is 2. The Hall–Kier alpha value is -1.32. The van der Waals surface area contributed by atoms with Gasteiger partial charge in [-0.25, -0.2) is 4.98 Å². The second-order valence-electron chi connectivity index (χ2n) is 5.86. The van der Waals surface area contributed by atoms with Gasteiger partial charge in [-0.05, 0) is 37.0 Å². The third-order valence-corrected chi connectivity index (χ3v) is 4.70. The minimum Gasteiger partial charge on any atom is -0.353 e. The summed E-state index contributed by atoms with van der Waals surface area (Å²) in [4.78, 5) is 18.7. The fourth-order valence-electron chi connectivity index (χ4n) is 4.06. The first-order valence-corrected chi connectivity index (χ1v) is 6.98. The lowest BCUT2D eigenvalue weighted by atomic mass is 9.92. The number of hydrogen-bond donors (Lipinski definition) is 2. The van der Waals surface area contributed by atoms with Crippen molar-refractivity contribution in [2.24, 2.45) is 17.8 Å². The molecule has 4 atom stereocenters. The summed E-state index contributed by atoms with van der Waals surface area (Å²) >= 11 is 0. The molecular formula is C14H21N3O. The smallest absolute Gasteiger partial charge is 0.217 e. The van der Waals surface area contributed by atoms with Crippen LogP contribution >= 0.6 is 0 Å². The maximum atomic E-state index is 11.4. The normalized spacial score (nSPS) is 34.5. The average molecular weight is 247 g/mol. The van der Waals surface area contributed by atoms with Gasteiger partial charge in [0, 0.05) is 24.9 Å². The SMILES string of the molecule is CC(=O)N[C@@H]1[C@@H](Cc2cnc[nH]2)C[C@@H]2CCC[C@@H]21. The monoisotopic (exact) mass is 247 g/mol. The van der Waals surface area contributed by atoms with Crippen LogP contribution in [0.15, 0.2) is 12.5 Å². The van der Waals surface area contributed by atoms with Crippen molar-refractivity contribution in [1.82, 2.24) is 15.3 Å². The van der Waals surface area contributed by atoms with Crippen LogP contribution in [0.1, 0.15) is 38.3 Å². The molecule has 4 heteroatoms. The van der Waals surface area contributed by atoms with Gasteiger partial charge in [-0.3, -0.25) is 4.79 Å². The number of rotatable bonds is 3. The molecule has 1 aromatic heterocycles. The molecule has 1 amide bonds. The molecule has 1 aromatic rings. The molecular weight excluding hydrogens is 226 g/mol. The van der Waals surface area contributed by atoms with E-state index in [4.69, 9.17) is 0 Å². The van der Waals surface area contributed by atoms with E-state index in [0.717, 1.165) is 12.3 Å².